The number of hydrogen-bond acceptors (Lipinski definition) is 4. The molecule has 0 atom stereocenters. The summed E-state index contributed by atoms with van der Waals surface area (Å²) < 4.78 is 26.6. The highest BCUT2D eigenvalue weighted by atomic mass is 32.2. The maximum Gasteiger partial charge on any atom is 0.213 e. The predicted molar refractivity (Wildman–Crippen MR) is 54.5 cm³/mol. The van der Waals surface area contributed by atoms with E-state index in [0.717, 1.165) is 0 Å². The normalized spacial score (nSPS) is 10.7. The third-order valence-electron chi connectivity index (χ3n) is 1.75. The zero-order valence-corrected chi connectivity index (χ0v) is 8.91. The maximum absolute atomic E-state index is 10.8. The number of primary sulfonamides is 1. The molecule has 1 aromatic carbocycles. The standard InChI is InChI=1S/C9H10N2O3S/c1-14-9-4-7(6-15(11,12)13)2-3-8(9)5-10/h2-4H,6H2,1H3,(H2,11,12,13). The van der Waals surface area contributed by atoms with E-state index in [9.17, 15) is 8.42 Å². The zero-order chi connectivity index (χ0) is 11.5. The van der Waals surface area contributed by atoms with Crippen molar-refractivity contribution in [1.82, 2.24) is 0 Å². The second kappa shape index (κ2) is 4.29. The summed E-state index contributed by atoms with van der Waals surface area (Å²) in [7, 11) is -2.15. The molecular weight excluding hydrogens is 216 g/mol. The summed E-state index contributed by atoms with van der Waals surface area (Å²) in [6, 6.07) is 6.45. The number of hydrogen-bond donors (Lipinski definition) is 1. The summed E-state index contributed by atoms with van der Waals surface area (Å²) in [5, 5.41) is 13.6. The highest BCUT2D eigenvalue weighted by Crippen LogP contribution is 2.19. The number of methoxy groups -OCH3 is 1. The average molecular weight is 226 g/mol. The zero-order valence-electron chi connectivity index (χ0n) is 8.10. The van der Waals surface area contributed by atoms with Gasteiger partial charge in [-0.3, -0.25) is 0 Å². The first-order chi connectivity index (χ1) is 6.96. The van der Waals surface area contributed by atoms with E-state index in [2.05, 4.69) is 0 Å². The molecule has 1 rings (SSSR count). The van der Waals surface area contributed by atoms with Crippen molar-refractivity contribution >= 4 is 10.0 Å². The first kappa shape index (κ1) is 11.5. The molecule has 0 fully saturated rings. The van der Waals surface area contributed by atoms with Gasteiger partial charge in [-0.2, -0.15) is 5.26 Å². The summed E-state index contributed by atoms with van der Waals surface area (Å²) >= 11 is 0. The highest BCUT2D eigenvalue weighted by molar-refractivity contribution is 7.88. The number of nitrogens with zero attached hydrogens (tertiary/aromatic N) is 1. The fourth-order valence-corrected chi connectivity index (χ4v) is 1.79. The summed E-state index contributed by atoms with van der Waals surface area (Å²) in [5.74, 6) is 0.0772. The number of rotatable bonds is 3. The lowest BCUT2D eigenvalue weighted by Crippen LogP contribution is -2.14. The largest absolute Gasteiger partial charge is 0.495 e. The number of nitriles is 1. The molecule has 0 aliphatic heterocycles. The molecule has 15 heavy (non-hydrogen) atoms. The first-order valence-electron chi connectivity index (χ1n) is 4.04. The van der Waals surface area contributed by atoms with Gasteiger partial charge in [0.1, 0.15) is 11.8 Å². The van der Waals surface area contributed by atoms with Gasteiger partial charge in [0.25, 0.3) is 0 Å². The lowest BCUT2D eigenvalue weighted by atomic mass is 10.1. The van der Waals surface area contributed by atoms with Gasteiger partial charge in [0.2, 0.25) is 10.0 Å². The van der Waals surface area contributed by atoms with Crippen LogP contribution in [0, 0.1) is 11.3 Å². The third-order valence-corrected chi connectivity index (χ3v) is 2.49. The maximum atomic E-state index is 10.8. The molecule has 0 aliphatic rings. The van der Waals surface area contributed by atoms with Crippen LogP contribution in [0.15, 0.2) is 18.2 Å². The van der Waals surface area contributed by atoms with Gasteiger partial charge in [0.15, 0.2) is 0 Å². The fraction of sp³-hybridized carbons (Fsp3) is 0.222. The van der Waals surface area contributed by atoms with Crippen molar-refractivity contribution in [3.8, 4) is 11.8 Å². The smallest absolute Gasteiger partial charge is 0.213 e. The Balaban J connectivity index is 3.10. The van der Waals surface area contributed by atoms with Gasteiger partial charge in [-0.1, -0.05) is 6.07 Å². The minimum atomic E-state index is -3.56. The molecule has 80 valence electrons. The molecule has 0 radical (unpaired) electrons. The fourth-order valence-electron chi connectivity index (χ4n) is 1.15. The predicted octanol–water partition coefficient (Wildman–Crippen LogP) is 0.355. The minimum absolute atomic E-state index is 0.269. The molecule has 0 saturated carbocycles. The van der Waals surface area contributed by atoms with E-state index < -0.39 is 10.0 Å². The molecule has 6 heteroatoms. The van der Waals surface area contributed by atoms with E-state index in [1.807, 2.05) is 6.07 Å². The molecule has 0 amide bonds. The molecule has 0 saturated heterocycles. The molecule has 0 unspecified atom stereocenters. The second-order valence-corrected chi connectivity index (χ2v) is 4.57. The molecule has 0 heterocycles. The summed E-state index contributed by atoms with van der Waals surface area (Å²) in [6.45, 7) is 0. The van der Waals surface area contributed by atoms with Gasteiger partial charge in [-0.15, -0.1) is 0 Å². The van der Waals surface area contributed by atoms with Gasteiger partial charge in [-0.25, -0.2) is 13.6 Å². The van der Waals surface area contributed by atoms with Crippen LogP contribution in [0.2, 0.25) is 0 Å². The molecule has 0 spiro atoms. The van der Waals surface area contributed by atoms with Crippen molar-refractivity contribution in [2.24, 2.45) is 5.14 Å². The number of sulfonamides is 1. The van der Waals surface area contributed by atoms with E-state index >= 15 is 0 Å². The Labute approximate surface area is 88.1 Å². The Bertz CT molecular complexity index is 503. The topological polar surface area (TPSA) is 93.2 Å². The summed E-state index contributed by atoms with van der Waals surface area (Å²) in [5.41, 5.74) is 0.851. The van der Waals surface area contributed by atoms with Gasteiger partial charge in [0, 0.05) is 0 Å². The average Bonchev–Trinajstić information content (AvgIpc) is 2.15. The minimum Gasteiger partial charge on any atom is -0.495 e. The van der Waals surface area contributed by atoms with Gasteiger partial charge in [-0.05, 0) is 17.7 Å². The monoisotopic (exact) mass is 226 g/mol. The Morgan fingerprint density at radius 2 is 2.20 bits per heavy atom. The van der Waals surface area contributed by atoms with Crippen LogP contribution in [-0.4, -0.2) is 15.5 Å². The van der Waals surface area contributed by atoms with E-state index in [-0.39, 0.29) is 5.75 Å². The molecule has 0 bridgehead atoms. The van der Waals surface area contributed by atoms with Crippen LogP contribution in [0.4, 0.5) is 0 Å². The van der Waals surface area contributed by atoms with Crippen LogP contribution in [-0.2, 0) is 15.8 Å². The van der Waals surface area contributed by atoms with Gasteiger partial charge in [0.05, 0.1) is 18.4 Å². The Morgan fingerprint density at radius 3 is 2.67 bits per heavy atom. The van der Waals surface area contributed by atoms with Crippen LogP contribution in [0.25, 0.3) is 0 Å². The number of ether oxygens (including phenoxy) is 1. The lowest BCUT2D eigenvalue weighted by Gasteiger charge is -2.05. The van der Waals surface area contributed by atoms with E-state index in [1.165, 1.54) is 25.3 Å². The molecule has 2 N–H and O–H groups in total. The van der Waals surface area contributed by atoms with Crippen LogP contribution in [0.3, 0.4) is 0 Å². The van der Waals surface area contributed by atoms with Gasteiger partial charge < -0.3 is 4.74 Å². The lowest BCUT2D eigenvalue weighted by molar-refractivity contribution is 0.413. The first-order valence-corrected chi connectivity index (χ1v) is 5.75. The molecule has 0 aromatic heterocycles. The van der Waals surface area contributed by atoms with Crippen molar-refractivity contribution in [2.45, 2.75) is 5.75 Å². The van der Waals surface area contributed by atoms with Crippen molar-refractivity contribution in [2.75, 3.05) is 7.11 Å². The molecule has 5 nitrogen and oxygen atoms in total. The van der Waals surface area contributed by atoms with Crippen LogP contribution < -0.4 is 9.88 Å². The Kier molecular flexibility index (Phi) is 3.29. The van der Waals surface area contributed by atoms with Crippen LogP contribution in [0.1, 0.15) is 11.1 Å². The van der Waals surface area contributed by atoms with E-state index in [4.69, 9.17) is 15.1 Å². The van der Waals surface area contributed by atoms with E-state index in [0.29, 0.717) is 16.9 Å². The van der Waals surface area contributed by atoms with Crippen LogP contribution in [0.5, 0.6) is 5.75 Å². The van der Waals surface area contributed by atoms with E-state index in [1.54, 1.807) is 0 Å². The summed E-state index contributed by atoms with van der Waals surface area (Å²) in [4.78, 5) is 0. The molecular formula is C9H10N2O3S. The molecule has 0 aliphatic carbocycles. The highest BCUT2D eigenvalue weighted by Gasteiger charge is 2.08. The third kappa shape index (κ3) is 3.23. The van der Waals surface area contributed by atoms with Crippen molar-refractivity contribution in [3.63, 3.8) is 0 Å². The van der Waals surface area contributed by atoms with Crippen molar-refractivity contribution in [1.29, 1.82) is 5.26 Å². The SMILES string of the molecule is COc1cc(CS(N)(=O)=O)ccc1C#N. The van der Waals surface area contributed by atoms with Gasteiger partial charge >= 0.3 is 0 Å². The van der Waals surface area contributed by atoms with Crippen molar-refractivity contribution in [3.05, 3.63) is 29.3 Å². The Morgan fingerprint density at radius 1 is 1.53 bits per heavy atom. The number of benzene rings is 1. The number of nitrogens with two attached hydrogens (primary N) is 1. The molecule has 1 aromatic rings. The van der Waals surface area contributed by atoms with Crippen LogP contribution >= 0.6 is 0 Å². The van der Waals surface area contributed by atoms with Crippen molar-refractivity contribution < 1.29 is 13.2 Å². The quantitative estimate of drug-likeness (QED) is 0.805. The Hall–Kier alpha value is -1.58. The summed E-state index contributed by atoms with van der Waals surface area (Å²) in [6.07, 6.45) is 0. The second-order valence-electron chi connectivity index (χ2n) is 2.95.